The Bertz CT molecular complexity index is 817. The van der Waals surface area contributed by atoms with E-state index in [4.69, 9.17) is 10.7 Å². The number of nitrogens with zero attached hydrogens (tertiary/aromatic N) is 5. The topological polar surface area (TPSA) is 108 Å². The molecule has 161 valence electrons. The molecule has 30 heavy (non-hydrogen) atoms. The van der Waals surface area contributed by atoms with Crippen molar-refractivity contribution in [1.82, 2.24) is 30.5 Å². The molecule has 1 aromatic heterocycles. The van der Waals surface area contributed by atoms with E-state index in [0.717, 1.165) is 43.5 Å². The zero-order valence-corrected chi connectivity index (χ0v) is 18.1. The molecule has 1 radical (unpaired) electrons. The molecule has 0 spiro atoms. The minimum Gasteiger partial charge on any atom is -0.355 e. The van der Waals surface area contributed by atoms with Crippen LogP contribution in [0.3, 0.4) is 0 Å². The maximum Gasteiger partial charge on any atom is 0.162 e. The lowest BCUT2D eigenvalue weighted by atomic mass is 9.68. The lowest BCUT2D eigenvalue weighted by molar-refractivity contribution is 0.175. The molecule has 3 aliphatic heterocycles. The highest BCUT2D eigenvalue weighted by Gasteiger charge is 2.32. The predicted molar refractivity (Wildman–Crippen MR) is 122 cm³/mol. The number of aromatic nitrogens is 2. The average Bonchev–Trinajstić information content (AvgIpc) is 3.43. The van der Waals surface area contributed by atoms with Crippen LogP contribution in [0.15, 0.2) is 28.2 Å². The van der Waals surface area contributed by atoms with Crippen LogP contribution >= 0.6 is 0 Å². The Labute approximate surface area is 179 Å². The highest BCUT2D eigenvalue weighted by Crippen LogP contribution is 2.24. The van der Waals surface area contributed by atoms with Crippen LogP contribution in [0.2, 0.25) is 12.6 Å². The predicted octanol–water partition coefficient (Wildman–Crippen LogP) is 0.284. The van der Waals surface area contributed by atoms with Crippen molar-refractivity contribution in [2.45, 2.75) is 57.8 Å². The van der Waals surface area contributed by atoms with Gasteiger partial charge in [-0.1, -0.05) is 19.6 Å². The number of rotatable bonds is 7. The summed E-state index contributed by atoms with van der Waals surface area (Å²) in [5.74, 6) is 2.84. The minimum absolute atomic E-state index is 0.166. The fourth-order valence-corrected chi connectivity index (χ4v) is 4.36. The summed E-state index contributed by atoms with van der Waals surface area (Å²) in [6.45, 7) is 10.6. The van der Waals surface area contributed by atoms with Gasteiger partial charge in [0, 0.05) is 56.6 Å². The van der Waals surface area contributed by atoms with Gasteiger partial charge >= 0.3 is 0 Å². The van der Waals surface area contributed by atoms with Crippen LogP contribution in [0.1, 0.15) is 31.5 Å². The van der Waals surface area contributed by atoms with Crippen molar-refractivity contribution in [3.8, 4) is 0 Å². The molecule has 0 bridgehead atoms. The molecule has 4 heterocycles. The normalized spacial score (nSPS) is 29.3. The van der Waals surface area contributed by atoms with E-state index in [0.29, 0.717) is 30.4 Å². The zero-order valence-electron chi connectivity index (χ0n) is 18.1. The fourth-order valence-electron chi connectivity index (χ4n) is 4.36. The zero-order chi connectivity index (χ0) is 21.1. The molecule has 1 aromatic rings. The van der Waals surface area contributed by atoms with Crippen LogP contribution < -0.4 is 21.8 Å². The highest BCUT2D eigenvalue weighted by atomic mass is 15.3. The van der Waals surface area contributed by atoms with Crippen molar-refractivity contribution in [2.75, 3.05) is 19.6 Å². The molecule has 1 saturated heterocycles. The van der Waals surface area contributed by atoms with Gasteiger partial charge in [0.15, 0.2) is 6.17 Å². The maximum absolute atomic E-state index is 5.95. The van der Waals surface area contributed by atoms with Crippen molar-refractivity contribution in [1.29, 1.82) is 0 Å². The van der Waals surface area contributed by atoms with E-state index in [1.807, 2.05) is 18.6 Å². The Hall–Kier alpha value is -2.33. The molecule has 3 aliphatic rings. The van der Waals surface area contributed by atoms with Crippen LogP contribution in [0.4, 0.5) is 0 Å². The second-order valence-electron chi connectivity index (χ2n) is 8.51. The Morgan fingerprint density at radius 1 is 1.37 bits per heavy atom. The standard InChI is InChI=1S/C20H33BN9/c1-13(21-3)10-30-17(9-24-19(30)6-22)20-23-5-4-18(28-20)29-11-14(2)27-16(12-29)15-7-25-26-8-15/h4-5,7,9,13-16,20,26-28H,6,8,10-12,22H2,1-3H3. The number of aliphatic imine (C=N–C) groups is 1. The van der Waals surface area contributed by atoms with Crippen molar-refractivity contribution >= 4 is 19.7 Å². The highest BCUT2D eigenvalue weighted by molar-refractivity contribution is 6.35. The molecule has 4 rings (SSSR count). The number of hydrazone groups is 1. The summed E-state index contributed by atoms with van der Waals surface area (Å²) in [5, 5.41) is 11.6. The lowest BCUT2D eigenvalue weighted by Gasteiger charge is -2.42. The molecule has 9 nitrogen and oxygen atoms in total. The molecule has 0 aromatic carbocycles. The van der Waals surface area contributed by atoms with Gasteiger partial charge in [-0.25, -0.2) is 4.98 Å². The second-order valence-corrected chi connectivity index (χ2v) is 8.51. The first-order valence-electron chi connectivity index (χ1n) is 10.9. The lowest BCUT2D eigenvalue weighted by Crippen LogP contribution is -2.59. The third-order valence-electron chi connectivity index (χ3n) is 6.18. The van der Waals surface area contributed by atoms with Crippen LogP contribution in [0.25, 0.3) is 0 Å². The average molecular weight is 410 g/mol. The van der Waals surface area contributed by atoms with Gasteiger partial charge < -0.3 is 31.3 Å². The van der Waals surface area contributed by atoms with Gasteiger partial charge in [0.1, 0.15) is 18.9 Å². The Kier molecular flexibility index (Phi) is 6.43. The molecule has 0 amide bonds. The molecule has 5 atom stereocenters. The van der Waals surface area contributed by atoms with E-state index in [9.17, 15) is 0 Å². The van der Waals surface area contributed by atoms with E-state index in [-0.39, 0.29) is 6.17 Å². The monoisotopic (exact) mass is 410 g/mol. The third-order valence-corrected chi connectivity index (χ3v) is 6.18. The van der Waals surface area contributed by atoms with Gasteiger partial charge in [-0.05, 0) is 13.0 Å². The van der Waals surface area contributed by atoms with Gasteiger partial charge in [0.05, 0.1) is 18.4 Å². The van der Waals surface area contributed by atoms with Gasteiger partial charge in [0.2, 0.25) is 0 Å². The van der Waals surface area contributed by atoms with Crippen molar-refractivity contribution in [3.05, 3.63) is 29.6 Å². The first-order valence-corrected chi connectivity index (χ1v) is 10.9. The molecule has 5 N–H and O–H groups in total. The summed E-state index contributed by atoms with van der Waals surface area (Å²) in [5.41, 5.74) is 10.1. The summed E-state index contributed by atoms with van der Waals surface area (Å²) < 4.78 is 2.21. The van der Waals surface area contributed by atoms with E-state index in [1.54, 1.807) is 0 Å². The van der Waals surface area contributed by atoms with Gasteiger partial charge in [-0.15, -0.1) is 0 Å². The van der Waals surface area contributed by atoms with Crippen LogP contribution in [-0.2, 0) is 13.1 Å². The van der Waals surface area contributed by atoms with E-state index < -0.39 is 0 Å². The van der Waals surface area contributed by atoms with E-state index in [1.165, 1.54) is 0 Å². The first kappa shape index (κ1) is 20.9. The van der Waals surface area contributed by atoms with E-state index >= 15 is 0 Å². The number of hydrogen-bond acceptors (Lipinski definition) is 8. The maximum atomic E-state index is 5.95. The van der Waals surface area contributed by atoms with Crippen molar-refractivity contribution in [2.24, 2.45) is 21.7 Å². The number of piperazine rings is 1. The number of nitrogens with one attached hydrogen (secondary N) is 3. The number of imidazole rings is 1. The van der Waals surface area contributed by atoms with Gasteiger partial charge in [0.25, 0.3) is 0 Å². The first-order chi connectivity index (χ1) is 14.6. The van der Waals surface area contributed by atoms with Crippen LogP contribution in [-0.4, -0.2) is 65.9 Å². The quantitative estimate of drug-likeness (QED) is 0.481. The van der Waals surface area contributed by atoms with E-state index in [2.05, 4.69) is 69.6 Å². The summed E-state index contributed by atoms with van der Waals surface area (Å²) >= 11 is 0. The number of nitrogens with two attached hydrogens (primary N) is 1. The van der Waals surface area contributed by atoms with Crippen molar-refractivity contribution in [3.63, 3.8) is 0 Å². The summed E-state index contributed by atoms with van der Waals surface area (Å²) in [4.78, 5) is 11.7. The van der Waals surface area contributed by atoms with Crippen molar-refractivity contribution < 1.29 is 0 Å². The Balaban J connectivity index is 1.50. The largest absolute Gasteiger partial charge is 0.355 e. The molecular weight excluding hydrogens is 377 g/mol. The molecule has 0 aliphatic carbocycles. The second kappa shape index (κ2) is 9.22. The Morgan fingerprint density at radius 3 is 2.97 bits per heavy atom. The van der Waals surface area contributed by atoms with Gasteiger partial charge in [-0.2, -0.15) is 5.10 Å². The molecule has 10 heteroatoms. The summed E-state index contributed by atoms with van der Waals surface area (Å²) in [7, 11) is 2.20. The summed E-state index contributed by atoms with van der Waals surface area (Å²) in [6, 6.07) is 0.760. The molecular formula is C20H33BN9. The SMILES string of the molecule is C[B]C(C)Cn1c(C2N=CC=C(N3CC(C)NC(C4C=NNC4)C3)N2)cnc1CN. The van der Waals surface area contributed by atoms with Gasteiger partial charge in [-0.3, -0.25) is 4.99 Å². The Morgan fingerprint density at radius 2 is 2.23 bits per heavy atom. The third kappa shape index (κ3) is 4.39. The fraction of sp³-hybridized carbons (Fsp3) is 0.650. The number of hydrogen-bond donors (Lipinski definition) is 4. The molecule has 0 saturated carbocycles. The smallest absolute Gasteiger partial charge is 0.162 e. The number of allylic oxidation sites excluding steroid dienone is 1. The molecule has 1 fully saturated rings. The molecule has 5 unspecified atom stereocenters. The minimum atomic E-state index is -0.166. The summed E-state index contributed by atoms with van der Waals surface area (Å²) in [6.07, 6.45) is 7.75. The van der Waals surface area contributed by atoms with Crippen LogP contribution in [0, 0.1) is 5.92 Å². The van der Waals surface area contributed by atoms with Crippen LogP contribution in [0.5, 0.6) is 0 Å².